The Morgan fingerprint density at radius 2 is 2.38 bits per heavy atom. The summed E-state index contributed by atoms with van der Waals surface area (Å²) in [5.41, 5.74) is 1.98. The van der Waals surface area contributed by atoms with Crippen LogP contribution in [0.1, 0.15) is 30.9 Å². The van der Waals surface area contributed by atoms with E-state index in [4.69, 9.17) is 0 Å². The molecule has 1 aromatic heterocycles. The number of aromatic nitrogens is 1. The van der Waals surface area contributed by atoms with Crippen molar-refractivity contribution in [1.82, 2.24) is 10.3 Å². The van der Waals surface area contributed by atoms with Crippen LogP contribution in [0.15, 0.2) is 24.5 Å². The lowest BCUT2D eigenvalue weighted by atomic mass is 9.58. The molecular formula is C11H14N2. The fraction of sp³-hybridized carbons (Fsp3) is 0.545. The van der Waals surface area contributed by atoms with E-state index in [0.29, 0.717) is 11.5 Å². The van der Waals surface area contributed by atoms with E-state index in [1.807, 2.05) is 18.5 Å². The zero-order chi connectivity index (χ0) is 8.73. The lowest BCUT2D eigenvalue weighted by molar-refractivity contribution is -0.00580. The van der Waals surface area contributed by atoms with Crippen molar-refractivity contribution >= 4 is 0 Å². The van der Waals surface area contributed by atoms with Crippen LogP contribution in [0, 0.1) is 5.41 Å². The Balaban J connectivity index is 1.87. The summed E-state index contributed by atoms with van der Waals surface area (Å²) in [6.07, 6.45) is 8.06. The second kappa shape index (κ2) is 2.55. The minimum atomic E-state index is 0.593. The Hall–Kier alpha value is -0.890. The summed E-state index contributed by atoms with van der Waals surface area (Å²) in [4.78, 5) is 4.17. The smallest absolute Gasteiger partial charge is 0.0404 e. The van der Waals surface area contributed by atoms with Crippen molar-refractivity contribution in [3.05, 3.63) is 30.1 Å². The molecule has 0 aromatic carbocycles. The molecule has 0 radical (unpaired) electrons. The molecule has 1 aliphatic carbocycles. The Labute approximate surface area is 78.4 Å². The van der Waals surface area contributed by atoms with Crippen LogP contribution in [0.5, 0.6) is 0 Å². The van der Waals surface area contributed by atoms with Gasteiger partial charge in [0.2, 0.25) is 0 Å². The Bertz CT molecular complexity index is 298. The summed E-state index contributed by atoms with van der Waals surface area (Å²) >= 11 is 0. The van der Waals surface area contributed by atoms with Crippen molar-refractivity contribution in [2.75, 3.05) is 6.54 Å². The molecule has 1 saturated carbocycles. The number of nitrogens with one attached hydrogen (secondary N) is 1. The third-order valence-electron chi connectivity index (χ3n) is 3.64. The van der Waals surface area contributed by atoms with Crippen LogP contribution in [0.3, 0.4) is 0 Å². The Morgan fingerprint density at radius 3 is 2.85 bits per heavy atom. The largest absolute Gasteiger partial charge is 0.309 e. The zero-order valence-corrected chi connectivity index (χ0v) is 7.66. The zero-order valence-electron chi connectivity index (χ0n) is 7.66. The SMILES string of the molecule is c1cncc([C@@H]2NCC23CCC3)c1. The van der Waals surface area contributed by atoms with Gasteiger partial charge in [-0.3, -0.25) is 4.98 Å². The monoisotopic (exact) mass is 174 g/mol. The van der Waals surface area contributed by atoms with Gasteiger partial charge in [0.05, 0.1) is 0 Å². The highest BCUT2D eigenvalue weighted by Gasteiger charge is 2.51. The summed E-state index contributed by atoms with van der Waals surface area (Å²) < 4.78 is 0. The van der Waals surface area contributed by atoms with Gasteiger partial charge in [-0.05, 0) is 24.5 Å². The number of nitrogens with zero attached hydrogens (tertiary/aromatic N) is 1. The molecule has 13 heavy (non-hydrogen) atoms. The molecule has 2 heterocycles. The van der Waals surface area contributed by atoms with Crippen LogP contribution in [-0.2, 0) is 0 Å². The Kier molecular flexibility index (Phi) is 1.47. The molecule has 1 N–H and O–H groups in total. The standard InChI is InChI=1S/C11H14N2/c1-3-9(7-12-6-1)10-11(8-13-10)4-2-5-11/h1,3,6-7,10,13H,2,4-5,8H2/t10-/m0/s1. The fourth-order valence-electron chi connectivity index (χ4n) is 2.61. The topological polar surface area (TPSA) is 24.9 Å². The van der Waals surface area contributed by atoms with Gasteiger partial charge in [0.25, 0.3) is 0 Å². The molecular weight excluding hydrogens is 160 g/mol. The summed E-state index contributed by atoms with van der Waals surface area (Å²) in [5.74, 6) is 0. The molecule has 1 saturated heterocycles. The van der Waals surface area contributed by atoms with E-state index in [0.717, 1.165) is 0 Å². The van der Waals surface area contributed by atoms with Gasteiger partial charge in [-0.25, -0.2) is 0 Å². The normalized spacial score (nSPS) is 29.4. The maximum absolute atomic E-state index is 4.17. The first-order valence-corrected chi connectivity index (χ1v) is 5.04. The predicted molar refractivity (Wildman–Crippen MR) is 51.3 cm³/mol. The van der Waals surface area contributed by atoms with E-state index in [1.54, 1.807) is 0 Å². The average molecular weight is 174 g/mol. The van der Waals surface area contributed by atoms with Crippen LogP contribution < -0.4 is 5.32 Å². The third-order valence-corrected chi connectivity index (χ3v) is 3.64. The Morgan fingerprint density at radius 1 is 1.46 bits per heavy atom. The van der Waals surface area contributed by atoms with Gasteiger partial charge in [-0.2, -0.15) is 0 Å². The molecule has 2 aliphatic rings. The van der Waals surface area contributed by atoms with Gasteiger partial charge in [0, 0.05) is 30.4 Å². The van der Waals surface area contributed by atoms with Crippen LogP contribution in [-0.4, -0.2) is 11.5 Å². The molecule has 1 atom stereocenters. The molecule has 2 nitrogen and oxygen atoms in total. The fourth-order valence-corrected chi connectivity index (χ4v) is 2.61. The van der Waals surface area contributed by atoms with Crippen molar-refractivity contribution in [1.29, 1.82) is 0 Å². The van der Waals surface area contributed by atoms with Gasteiger partial charge in [0.1, 0.15) is 0 Å². The molecule has 0 unspecified atom stereocenters. The van der Waals surface area contributed by atoms with Crippen molar-refractivity contribution in [3.63, 3.8) is 0 Å². The second-order valence-electron chi connectivity index (χ2n) is 4.32. The summed E-state index contributed by atoms with van der Waals surface area (Å²) in [6, 6.07) is 4.81. The molecule has 1 spiro atoms. The average Bonchev–Trinajstić information content (AvgIpc) is 2.01. The van der Waals surface area contributed by atoms with Crippen LogP contribution in [0.2, 0.25) is 0 Å². The number of hydrogen-bond donors (Lipinski definition) is 1. The molecule has 0 amide bonds. The van der Waals surface area contributed by atoms with Gasteiger partial charge in [-0.1, -0.05) is 12.5 Å². The highest BCUT2D eigenvalue weighted by Crippen LogP contribution is 2.54. The lowest BCUT2D eigenvalue weighted by Gasteiger charge is -2.56. The maximum Gasteiger partial charge on any atom is 0.0404 e. The van der Waals surface area contributed by atoms with Gasteiger partial charge >= 0.3 is 0 Å². The third kappa shape index (κ3) is 0.953. The van der Waals surface area contributed by atoms with Crippen molar-refractivity contribution in [2.45, 2.75) is 25.3 Å². The summed E-state index contributed by atoms with van der Waals surface area (Å²) in [6.45, 7) is 1.21. The molecule has 1 aliphatic heterocycles. The van der Waals surface area contributed by atoms with Gasteiger partial charge < -0.3 is 5.32 Å². The summed E-state index contributed by atoms with van der Waals surface area (Å²) in [7, 11) is 0. The number of rotatable bonds is 1. The minimum absolute atomic E-state index is 0.593. The van der Waals surface area contributed by atoms with Gasteiger partial charge in [-0.15, -0.1) is 0 Å². The maximum atomic E-state index is 4.17. The van der Waals surface area contributed by atoms with E-state index < -0.39 is 0 Å². The number of hydrogen-bond acceptors (Lipinski definition) is 2. The van der Waals surface area contributed by atoms with E-state index >= 15 is 0 Å². The minimum Gasteiger partial charge on any atom is -0.309 e. The quantitative estimate of drug-likeness (QED) is 0.703. The van der Waals surface area contributed by atoms with Crippen LogP contribution in [0.4, 0.5) is 0 Å². The van der Waals surface area contributed by atoms with Crippen molar-refractivity contribution in [3.8, 4) is 0 Å². The van der Waals surface area contributed by atoms with E-state index in [9.17, 15) is 0 Å². The van der Waals surface area contributed by atoms with E-state index in [-0.39, 0.29) is 0 Å². The molecule has 2 fully saturated rings. The summed E-state index contributed by atoms with van der Waals surface area (Å²) in [5, 5.41) is 3.51. The van der Waals surface area contributed by atoms with Crippen molar-refractivity contribution < 1.29 is 0 Å². The first kappa shape index (κ1) is 7.51. The first-order chi connectivity index (χ1) is 6.41. The highest BCUT2D eigenvalue weighted by molar-refractivity contribution is 5.23. The molecule has 68 valence electrons. The molecule has 0 bridgehead atoms. The molecule has 3 rings (SSSR count). The van der Waals surface area contributed by atoms with Crippen LogP contribution >= 0.6 is 0 Å². The lowest BCUT2D eigenvalue weighted by Crippen LogP contribution is -2.59. The van der Waals surface area contributed by atoms with E-state index in [2.05, 4.69) is 16.4 Å². The molecule has 2 heteroatoms. The highest BCUT2D eigenvalue weighted by atomic mass is 15.1. The van der Waals surface area contributed by atoms with E-state index in [1.165, 1.54) is 31.4 Å². The number of pyridine rings is 1. The first-order valence-electron chi connectivity index (χ1n) is 5.04. The predicted octanol–water partition coefficient (Wildman–Crippen LogP) is 1.90. The molecule has 1 aromatic rings. The second-order valence-corrected chi connectivity index (χ2v) is 4.32. The van der Waals surface area contributed by atoms with Crippen molar-refractivity contribution in [2.24, 2.45) is 5.41 Å². The van der Waals surface area contributed by atoms with Crippen LogP contribution in [0.25, 0.3) is 0 Å². The van der Waals surface area contributed by atoms with Gasteiger partial charge in [0.15, 0.2) is 0 Å².